The van der Waals surface area contributed by atoms with Crippen LogP contribution in [-0.2, 0) is 85.3 Å². The summed E-state index contributed by atoms with van der Waals surface area (Å²) in [5, 5.41) is 0.906. The second-order valence-electron chi connectivity index (χ2n) is 27.9. The van der Waals surface area contributed by atoms with Gasteiger partial charge in [0.15, 0.2) is 29.1 Å². The van der Waals surface area contributed by atoms with Gasteiger partial charge in [-0.05, 0) is 133 Å². The van der Waals surface area contributed by atoms with Crippen LogP contribution in [-0.4, -0.2) is 106 Å². The van der Waals surface area contributed by atoms with Gasteiger partial charge in [0.1, 0.15) is 231 Å². The van der Waals surface area contributed by atoms with Crippen LogP contribution in [0.2, 0.25) is 10.0 Å². The fourth-order valence-corrected chi connectivity index (χ4v) is 14.7. The van der Waals surface area contributed by atoms with Crippen molar-refractivity contribution < 1.29 is 122 Å². The minimum Gasteiger partial charge on any atom is -0.494 e. The van der Waals surface area contributed by atoms with Crippen molar-refractivity contribution in [1.82, 2.24) is 0 Å². The fraction of sp³-hybridized carbons (Fsp3) is 0.506. The quantitative estimate of drug-likeness (QED) is 0.208. The Bertz CT molecular complexity index is 3460. The molecule has 11 aliphatic heterocycles. The molecule has 0 radical (unpaired) electrons. The number of fused-ring (bicyclic) bond motifs is 14. The van der Waals surface area contributed by atoms with Crippen LogP contribution in [0, 0.1) is 28.6 Å². The maximum Gasteiger partial charge on any atom is 0.507 e. The molecule has 6 aliphatic carbocycles. The Morgan fingerprint density at radius 2 is 0.789 bits per heavy atom. The highest BCUT2D eigenvalue weighted by Crippen LogP contribution is 2.67. The lowest BCUT2D eigenvalue weighted by atomic mass is 9.70. The molecule has 11 heterocycles. The van der Waals surface area contributed by atoms with E-state index in [1.54, 1.807) is 112 Å². The summed E-state index contributed by atoms with van der Waals surface area (Å²) in [6.07, 6.45) is 41.9. The van der Waals surface area contributed by atoms with Gasteiger partial charge in [0.2, 0.25) is 0 Å². The van der Waals surface area contributed by atoms with E-state index < -0.39 is 12.2 Å². The number of ether oxygens (including phenoxy) is 22. The SMILES string of the molecule is C1=COC(c2ccccc2)CO1.C1=COC2C3CCC(C3)C2O1.C1=COC2CCCC2O1.C1=COC2CCCCC2O1.C1=COCCO1.C1=COc2ccccc2O1.CC1(C)C2CCC1(C)C1OC=COC21.CC1COC=CO1.CC1OC=COC1C.Clc1cc2c(cc1Cl)OC=CO2.FC1(F)OC=COC1(F)F. The van der Waals surface area contributed by atoms with Gasteiger partial charge >= 0.3 is 12.2 Å². The van der Waals surface area contributed by atoms with E-state index in [1.807, 2.05) is 75.4 Å². The molecule has 3 aromatic rings. The Labute approximate surface area is 644 Å². The zero-order valence-electron chi connectivity index (χ0n) is 61.8. The number of halogens is 6. The first-order valence-electron chi connectivity index (χ1n) is 36.7. The van der Waals surface area contributed by atoms with Crippen LogP contribution in [0.15, 0.2) is 204 Å². The topological polar surface area (TPSA) is 203 Å². The van der Waals surface area contributed by atoms with Crippen LogP contribution in [0.4, 0.5) is 17.6 Å². The summed E-state index contributed by atoms with van der Waals surface area (Å²) >= 11 is 11.5. The maximum absolute atomic E-state index is 11.8. The lowest BCUT2D eigenvalue weighted by Gasteiger charge is -2.39. The summed E-state index contributed by atoms with van der Waals surface area (Å²) in [4.78, 5) is 0. The van der Waals surface area contributed by atoms with Gasteiger partial charge in [-0.15, -0.1) is 0 Å². The van der Waals surface area contributed by atoms with Crippen molar-refractivity contribution in [2.45, 2.75) is 204 Å². The van der Waals surface area contributed by atoms with E-state index in [0.29, 0.717) is 120 Å². The second kappa shape index (κ2) is 40.9. The molecule has 22 nitrogen and oxygen atoms in total. The normalized spacial score (nSPS) is 31.5. The molecule has 16 atom stereocenters. The van der Waals surface area contributed by atoms with Crippen molar-refractivity contribution in [3.63, 3.8) is 0 Å². The smallest absolute Gasteiger partial charge is 0.494 e. The Morgan fingerprint density at radius 1 is 0.376 bits per heavy atom. The van der Waals surface area contributed by atoms with E-state index in [9.17, 15) is 17.6 Å². The molecule has 4 bridgehead atoms. The van der Waals surface area contributed by atoms with Gasteiger partial charge in [-0.1, -0.05) is 86.4 Å². The molecule has 28 heteroatoms. The predicted molar refractivity (Wildman–Crippen MR) is 390 cm³/mol. The summed E-state index contributed by atoms with van der Waals surface area (Å²) in [7, 11) is 0. The van der Waals surface area contributed by atoms with Crippen molar-refractivity contribution in [2.75, 3.05) is 26.4 Å². The third kappa shape index (κ3) is 23.1. The number of hydrogen-bond donors (Lipinski definition) is 0. The standard InChI is InChI=1S/C12H18O2.C10H10O2.C9H12O2.C8H4Cl2O2.C8H12O2.C8H6O2.C7H10O2.C6H10O2.C5H8O2.C4H2F4O2.C4H6O2/c1-11(2)8-4-5-12(11,3)10-9(8)13-6-7-14-10;1-2-4-9(5-3-1)10-8-11-6-7-12-10;1-2-7-5-6(1)8-9(7)11-4-3-10-8;9-5-3-7-8(4-6(5)10)12-2-1-11-7;2*1-2-4-8-7(3-1)9-5-6-10-8;1-2-6-7(3-1)9-5-4-8-6;1-5-6(2)8-4-3-7-5;1-5-4-6-2-3-7-5;5-3(6)4(7,8)10-2-1-9-3;1-2-6-4-3-5-1/h6-10H,4-5H2,1-3H3;1-7,10H,8H2;3-4,6-9H,1-2,5H2;1-4H;5-8H,1-4H2;1-6H;4-7H,1-3H2;3-6H,1-2H3;2-3,5H,4H2,1H3;1-2H;1-2H,3-4H2. The summed E-state index contributed by atoms with van der Waals surface area (Å²) in [5.74, 6) is 4.93. The lowest BCUT2D eigenvalue weighted by molar-refractivity contribution is -0.417. The largest absolute Gasteiger partial charge is 0.507 e. The Balaban J connectivity index is 0.000000129. The van der Waals surface area contributed by atoms with Crippen LogP contribution in [0.3, 0.4) is 0 Å². The van der Waals surface area contributed by atoms with Gasteiger partial charge in [0.05, 0.1) is 10.0 Å². The summed E-state index contributed by atoms with van der Waals surface area (Å²) in [5.41, 5.74) is 1.81. The summed E-state index contributed by atoms with van der Waals surface area (Å²) in [6, 6.07) is 20.8. The molecular weight excluding hydrogens is 1470 g/mol. The summed E-state index contributed by atoms with van der Waals surface area (Å²) in [6.45, 7) is 15.7. The second-order valence-corrected chi connectivity index (χ2v) is 28.7. The molecule has 596 valence electrons. The van der Waals surface area contributed by atoms with E-state index in [2.05, 4.69) is 30.2 Å². The highest BCUT2D eigenvalue weighted by Gasteiger charge is 2.69. The Hall–Kier alpha value is -9.30. The van der Waals surface area contributed by atoms with Crippen molar-refractivity contribution in [3.05, 3.63) is 220 Å². The molecule has 0 saturated heterocycles. The van der Waals surface area contributed by atoms with E-state index >= 15 is 0 Å². The van der Waals surface area contributed by atoms with E-state index in [0.717, 1.165) is 54.6 Å². The summed E-state index contributed by atoms with van der Waals surface area (Å²) < 4.78 is 158. The van der Waals surface area contributed by atoms with Crippen LogP contribution >= 0.6 is 23.2 Å². The molecule has 0 aromatic heterocycles. The molecule has 17 aliphatic rings. The molecule has 3 aromatic carbocycles. The Morgan fingerprint density at radius 3 is 1.20 bits per heavy atom. The lowest BCUT2D eigenvalue weighted by Crippen LogP contribution is -2.44. The molecule has 0 spiro atoms. The average molecular weight is 1570 g/mol. The zero-order valence-corrected chi connectivity index (χ0v) is 63.3. The number of rotatable bonds is 1. The van der Waals surface area contributed by atoms with E-state index in [4.69, 9.17) is 118 Å². The van der Waals surface area contributed by atoms with Gasteiger partial charge in [-0.3, -0.25) is 0 Å². The van der Waals surface area contributed by atoms with Crippen LogP contribution < -0.4 is 18.9 Å². The minimum absolute atomic E-state index is 0.0520. The van der Waals surface area contributed by atoms with Crippen LogP contribution in [0.1, 0.15) is 130 Å². The first kappa shape index (κ1) is 82.2. The van der Waals surface area contributed by atoms with E-state index in [1.165, 1.54) is 76.4 Å². The van der Waals surface area contributed by atoms with Crippen molar-refractivity contribution in [1.29, 1.82) is 0 Å². The van der Waals surface area contributed by atoms with E-state index in [-0.39, 0.29) is 30.5 Å². The molecule has 6 fully saturated rings. The maximum atomic E-state index is 11.8. The van der Waals surface area contributed by atoms with Crippen LogP contribution in [0.5, 0.6) is 23.0 Å². The number of alkyl halides is 4. The molecule has 109 heavy (non-hydrogen) atoms. The number of hydrogen-bond acceptors (Lipinski definition) is 22. The van der Waals surface area contributed by atoms with Gasteiger partial charge in [0, 0.05) is 23.5 Å². The average Bonchev–Trinajstić information content (AvgIpc) is 1.54. The minimum atomic E-state index is -4.57. The first-order chi connectivity index (χ1) is 52.8. The van der Waals surface area contributed by atoms with Gasteiger partial charge in [-0.2, -0.15) is 17.6 Å². The van der Waals surface area contributed by atoms with Gasteiger partial charge in [0.25, 0.3) is 0 Å². The predicted octanol–water partition coefficient (Wildman–Crippen LogP) is 19.4. The van der Waals surface area contributed by atoms with Gasteiger partial charge < -0.3 is 104 Å². The highest BCUT2D eigenvalue weighted by atomic mass is 35.5. The Kier molecular flexibility index (Phi) is 30.9. The van der Waals surface area contributed by atoms with Gasteiger partial charge in [-0.25, -0.2) is 0 Å². The van der Waals surface area contributed by atoms with Crippen molar-refractivity contribution >= 4 is 23.2 Å². The molecule has 6 saturated carbocycles. The first-order valence-corrected chi connectivity index (χ1v) is 37.5. The number of benzene rings is 3. The third-order valence-corrected chi connectivity index (χ3v) is 21.4. The van der Waals surface area contributed by atoms with Crippen molar-refractivity contribution in [2.24, 2.45) is 28.6 Å². The molecule has 20 rings (SSSR count). The van der Waals surface area contributed by atoms with Crippen molar-refractivity contribution in [3.8, 4) is 23.0 Å². The molecule has 0 N–H and O–H groups in total. The highest BCUT2D eigenvalue weighted by molar-refractivity contribution is 6.42. The zero-order chi connectivity index (χ0) is 76.9. The fourth-order valence-electron chi connectivity index (χ4n) is 14.3. The third-order valence-electron chi connectivity index (χ3n) is 20.7. The molecular formula is C81H98Cl2F4O22. The molecule has 16 unspecified atom stereocenters. The number of para-hydroxylation sites is 2. The van der Waals surface area contributed by atoms with Crippen LogP contribution in [0.25, 0.3) is 0 Å². The molecule has 0 amide bonds. The monoisotopic (exact) mass is 1570 g/mol.